The summed E-state index contributed by atoms with van der Waals surface area (Å²) in [5.74, 6) is 0.678. The predicted octanol–water partition coefficient (Wildman–Crippen LogP) is 1.72. The van der Waals surface area contributed by atoms with Gasteiger partial charge in [-0.05, 0) is 26.3 Å². The van der Waals surface area contributed by atoms with E-state index in [4.69, 9.17) is 23.7 Å². The van der Waals surface area contributed by atoms with E-state index in [1.807, 2.05) is 13.8 Å². The first-order chi connectivity index (χ1) is 11.1. The molecule has 1 N–H and O–H groups in total. The molecule has 0 fully saturated rings. The molecule has 0 bridgehead atoms. The molecule has 6 heteroatoms. The van der Waals surface area contributed by atoms with Gasteiger partial charge in [0.15, 0.2) is 0 Å². The average molecular weight is 335 g/mol. The molecule has 0 radical (unpaired) electrons. The molecule has 0 aromatic rings. The number of rotatable bonds is 18. The standard InChI is InChI=1S/C17H37NO5/c1-16(2)15-18-5-6-19-7-8-20-9-10-21-11-12-22-13-14-23-17(3)4/h16-18H,5-15H2,1-4H3. The summed E-state index contributed by atoms with van der Waals surface area (Å²) < 4.78 is 27.0. The first kappa shape index (κ1) is 22.8. The van der Waals surface area contributed by atoms with Crippen LogP contribution in [0.1, 0.15) is 27.7 Å². The van der Waals surface area contributed by atoms with E-state index in [2.05, 4.69) is 19.2 Å². The normalized spacial score (nSPS) is 11.7. The molecule has 0 heterocycles. The Morgan fingerprint density at radius 2 is 1.04 bits per heavy atom. The Morgan fingerprint density at radius 1 is 0.609 bits per heavy atom. The second-order valence-corrected chi connectivity index (χ2v) is 5.97. The van der Waals surface area contributed by atoms with Gasteiger partial charge in [0.05, 0.1) is 65.6 Å². The van der Waals surface area contributed by atoms with Gasteiger partial charge in [0.1, 0.15) is 0 Å². The summed E-state index contributed by atoms with van der Waals surface area (Å²) >= 11 is 0. The molecule has 0 rings (SSSR count). The third-order valence-corrected chi connectivity index (χ3v) is 2.77. The topological polar surface area (TPSA) is 58.2 Å². The van der Waals surface area contributed by atoms with Gasteiger partial charge in [-0.15, -0.1) is 0 Å². The second-order valence-electron chi connectivity index (χ2n) is 5.97. The zero-order valence-corrected chi connectivity index (χ0v) is 15.5. The van der Waals surface area contributed by atoms with E-state index < -0.39 is 0 Å². The van der Waals surface area contributed by atoms with Crippen LogP contribution in [0.5, 0.6) is 0 Å². The van der Waals surface area contributed by atoms with E-state index >= 15 is 0 Å². The Bertz CT molecular complexity index is 205. The second kappa shape index (κ2) is 18.1. The van der Waals surface area contributed by atoms with E-state index in [1.54, 1.807) is 0 Å². The molecule has 0 saturated heterocycles. The van der Waals surface area contributed by atoms with E-state index in [0.717, 1.165) is 19.7 Å². The van der Waals surface area contributed by atoms with Crippen LogP contribution in [-0.4, -0.2) is 78.7 Å². The van der Waals surface area contributed by atoms with Crippen molar-refractivity contribution in [1.82, 2.24) is 5.32 Å². The number of nitrogens with one attached hydrogen (secondary N) is 1. The highest BCUT2D eigenvalue weighted by atomic mass is 16.6. The quantitative estimate of drug-likeness (QED) is 0.385. The minimum atomic E-state index is 0.257. The summed E-state index contributed by atoms with van der Waals surface area (Å²) in [6, 6.07) is 0. The van der Waals surface area contributed by atoms with Crippen LogP contribution in [0.4, 0.5) is 0 Å². The van der Waals surface area contributed by atoms with Crippen molar-refractivity contribution in [2.24, 2.45) is 5.92 Å². The molecule has 0 saturated carbocycles. The van der Waals surface area contributed by atoms with Gasteiger partial charge in [0, 0.05) is 6.54 Å². The van der Waals surface area contributed by atoms with Crippen molar-refractivity contribution in [2.45, 2.75) is 33.8 Å². The lowest BCUT2D eigenvalue weighted by molar-refractivity contribution is -0.0174. The van der Waals surface area contributed by atoms with Crippen LogP contribution in [0.15, 0.2) is 0 Å². The maximum atomic E-state index is 5.45. The molecule has 0 aliphatic heterocycles. The number of hydrogen-bond acceptors (Lipinski definition) is 6. The van der Waals surface area contributed by atoms with Crippen LogP contribution < -0.4 is 5.32 Å². The van der Waals surface area contributed by atoms with E-state index in [0.29, 0.717) is 58.8 Å². The molecule has 0 spiro atoms. The molecular formula is C17H37NO5. The molecule has 6 nitrogen and oxygen atoms in total. The minimum absolute atomic E-state index is 0.257. The lowest BCUT2D eigenvalue weighted by Crippen LogP contribution is -2.24. The van der Waals surface area contributed by atoms with E-state index in [9.17, 15) is 0 Å². The first-order valence-electron chi connectivity index (χ1n) is 8.76. The summed E-state index contributed by atoms with van der Waals surface area (Å²) in [6.07, 6.45) is 0.257. The van der Waals surface area contributed by atoms with Gasteiger partial charge in [-0.2, -0.15) is 0 Å². The Labute approximate surface area is 142 Å². The van der Waals surface area contributed by atoms with Gasteiger partial charge < -0.3 is 29.0 Å². The highest BCUT2D eigenvalue weighted by Gasteiger charge is 1.95. The number of hydrogen-bond donors (Lipinski definition) is 1. The van der Waals surface area contributed by atoms with Gasteiger partial charge in [0.25, 0.3) is 0 Å². The molecule has 0 amide bonds. The molecule has 0 aliphatic carbocycles. The van der Waals surface area contributed by atoms with E-state index in [1.165, 1.54) is 0 Å². The summed E-state index contributed by atoms with van der Waals surface area (Å²) in [5.41, 5.74) is 0. The first-order valence-corrected chi connectivity index (χ1v) is 8.76. The predicted molar refractivity (Wildman–Crippen MR) is 92.1 cm³/mol. The van der Waals surface area contributed by atoms with Crippen molar-refractivity contribution in [1.29, 1.82) is 0 Å². The molecule has 0 aromatic carbocycles. The zero-order valence-electron chi connectivity index (χ0n) is 15.5. The monoisotopic (exact) mass is 335 g/mol. The van der Waals surface area contributed by atoms with Crippen LogP contribution in [0, 0.1) is 5.92 Å². The largest absolute Gasteiger partial charge is 0.378 e. The van der Waals surface area contributed by atoms with Crippen LogP contribution in [0.2, 0.25) is 0 Å². The van der Waals surface area contributed by atoms with Crippen molar-refractivity contribution in [2.75, 3.05) is 72.6 Å². The molecule has 0 atom stereocenters. The fraction of sp³-hybridized carbons (Fsp3) is 1.00. The maximum Gasteiger partial charge on any atom is 0.0703 e. The SMILES string of the molecule is CC(C)CNCCOCCOCCOCCOCCOC(C)C. The summed E-state index contributed by atoms with van der Waals surface area (Å²) in [4.78, 5) is 0. The Balaban J connectivity index is 2.97. The zero-order chi connectivity index (χ0) is 17.2. The Hall–Kier alpha value is -0.240. The highest BCUT2D eigenvalue weighted by molar-refractivity contribution is 4.49. The Morgan fingerprint density at radius 3 is 1.48 bits per heavy atom. The smallest absolute Gasteiger partial charge is 0.0703 e. The third kappa shape index (κ3) is 21.8. The van der Waals surface area contributed by atoms with Crippen molar-refractivity contribution < 1.29 is 23.7 Å². The van der Waals surface area contributed by atoms with Crippen LogP contribution in [0.3, 0.4) is 0 Å². The average Bonchev–Trinajstić information content (AvgIpc) is 2.49. The maximum absolute atomic E-state index is 5.45. The van der Waals surface area contributed by atoms with Crippen molar-refractivity contribution >= 4 is 0 Å². The van der Waals surface area contributed by atoms with E-state index in [-0.39, 0.29) is 6.10 Å². The Kier molecular flexibility index (Phi) is 17.9. The molecular weight excluding hydrogens is 298 g/mol. The lowest BCUT2D eigenvalue weighted by Gasteiger charge is -2.09. The molecule has 0 unspecified atom stereocenters. The van der Waals surface area contributed by atoms with Crippen molar-refractivity contribution in [3.05, 3.63) is 0 Å². The lowest BCUT2D eigenvalue weighted by atomic mass is 10.2. The fourth-order valence-corrected chi connectivity index (χ4v) is 1.64. The summed E-state index contributed by atoms with van der Waals surface area (Å²) in [7, 11) is 0. The summed E-state index contributed by atoms with van der Waals surface area (Å²) in [6.45, 7) is 15.9. The van der Waals surface area contributed by atoms with Crippen molar-refractivity contribution in [3.8, 4) is 0 Å². The molecule has 0 aliphatic rings. The van der Waals surface area contributed by atoms with Crippen LogP contribution >= 0.6 is 0 Å². The fourth-order valence-electron chi connectivity index (χ4n) is 1.64. The van der Waals surface area contributed by atoms with Gasteiger partial charge in [-0.1, -0.05) is 13.8 Å². The number of ether oxygens (including phenoxy) is 5. The van der Waals surface area contributed by atoms with Crippen LogP contribution in [-0.2, 0) is 23.7 Å². The molecule has 140 valence electrons. The minimum Gasteiger partial charge on any atom is -0.378 e. The van der Waals surface area contributed by atoms with Crippen molar-refractivity contribution in [3.63, 3.8) is 0 Å². The van der Waals surface area contributed by atoms with Crippen LogP contribution in [0.25, 0.3) is 0 Å². The van der Waals surface area contributed by atoms with Gasteiger partial charge >= 0.3 is 0 Å². The molecule has 0 aromatic heterocycles. The molecule has 23 heavy (non-hydrogen) atoms. The van der Waals surface area contributed by atoms with Gasteiger partial charge in [-0.25, -0.2) is 0 Å². The highest BCUT2D eigenvalue weighted by Crippen LogP contribution is 1.88. The third-order valence-electron chi connectivity index (χ3n) is 2.77. The van der Waals surface area contributed by atoms with Gasteiger partial charge in [-0.3, -0.25) is 0 Å². The summed E-state index contributed by atoms with van der Waals surface area (Å²) in [5, 5.41) is 3.33. The van der Waals surface area contributed by atoms with Gasteiger partial charge in [0.2, 0.25) is 0 Å².